The number of rotatable bonds is 5. The van der Waals surface area contributed by atoms with Gasteiger partial charge in [-0.25, -0.2) is 15.0 Å². The van der Waals surface area contributed by atoms with Gasteiger partial charge in [0.2, 0.25) is 0 Å². The van der Waals surface area contributed by atoms with Crippen molar-refractivity contribution in [2.24, 2.45) is 5.92 Å². The topological polar surface area (TPSA) is 82.5 Å². The van der Waals surface area contributed by atoms with E-state index in [0.29, 0.717) is 19.1 Å². The van der Waals surface area contributed by atoms with Crippen LogP contribution < -0.4 is 9.64 Å². The molecule has 1 saturated carbocycles. The van der Waals surface area contributed by atoms with E-state index in [9.17, 15) is 0 Å². The van der Waals surface area contributed by atoms with E-state index in [0.717, 1.165) is 92.4 Å². The number of ether oxygens (including phenoxy) is 3. The first kappa shape index (κ1) is 21.7. The highest BCUT2D eigenvalue weighted by molar-refractivity contribution is 5.85. The van der Waals surface area contributed by atoms with Gasteiger partial charge < -0.3 is 19.1 Å². The van der Waals surface area contributed by atoms with Crippen LogP contribution in [0.5, 0.6) is 5.75 Å². The SMILES string of the molecule is Cc1nc2c(c(CC3CCC(Oc4cc(N5CCOCC5)cc5nccnc45)CC3)n1)COC2. The normalized spacial score (nSPS) is 22.7. The Morgan fingerprint density at radius 3 is 2.65 bits per heavy atom. The molecular formula is C26H31N5O3. The van der Waals surface area contributed by atoms with Crippen LogP contribution in [-0.4, -0.2) is 52.3 Å². The minimum atomic E-state index is 0.197. The Morgan fingerprint density at radius 2 is 1.79 bits per heavy atom. The molecule has 4 heterocycles. The molecule has 0 N–H and O–H groups in total. The Labute approximate surface area is 199 Å². The van der Waals surface area contributed by atoms with E-state index < -0.39 is 0 Å². The maximum Gasteiger partial charge on any atom is 0.149 e. The fourth-order valence-electron chi connectivity index (χ4n) is 5.45. The van der Waals surface area contributed by atoms with Crippen molar-refractivity contribution in [3.8, 4) is 5.75 Å². The molecule has 3 aliphatic rings. The quantitative estimate of drug-likeness (QED) is 0.568. The van der Waals surface area contributed by atoms with Gasteiger partial charge in [0.15, 0.2) is 0 Å². The van der Waals surface area contributed by atoms with Gasteiger partial charge in [-0.1, -0.05) is 0 Å². The Kier molecular flexibility index (Phi) is 6.01. The number of aromatic nitrogens is 4. The average Bonchev–Trinajstić information content (AvgIpc) is 3.34. The highest BCUT2D eigenvalue weighted by atomic mass is 16.5. The molecule has 1 aromatic carbocycles. The molecule has 8 nitrogen and oxygen atoms in total. The average molecular weight is 462 g/mol. The van der Waals surface area contributed by atoms with Crippen LogP contribution >= 0.6 is 0 Å². The van der Waals surface area contributed by atoms with Gasteiger partial charge in [0.1, 0.15) is 17.1 Å². The van der Waals surface area contributed by atoms with Crippen molar-refractivity contribution in [1.29, 1.82) is 0 Å². The standard InChI is InChI=1S/C26H31N5O3/c1-17-29-22(21-15-33-16-24(21)30-17)12-18-2-4-20(5-3-18)34-25-14-19(31-8-10-32-11-9-31)13-23-26(25)28-7-6-27-23/h6-7,13-14,18,20H,2-5,8-12,15-16H2,1H3. The third-order valence-electron chi connectivity index (χ3n) is 7.24. The highest BCUT2D eigenvalue weighted by Gasteiger charge is 2.27. The van der Waals surface area contributed by atoms with E-state index in [1.807, 2.05) is 6.92 Å². The predicted molar refractivity (Wildman–Crippen MR) is 128 cm³/mol. The molecule has 0 unspecified atom stereocenters. The minimum absolute atomic E-state index is 0.197. The fourth-order valence-corrected chi connectivity index (χ4v) is 5.45. The largest absolute Gasteiger partial charge is 0.488 e. The summed E-state index contributed by atoms with van der Waals surface area (Å²) in [6.45, 7) is 6.51. The lowest BCUT2D eigenvalue weighted by molar-refractivity contribution is 0.122. The summed E-state index contributed by atoms with van der Waals surface area (Å²) in [7, 11) is 0. The Bertz CT molecular complexity index is 1170. The second-order valence-corrected chi connectivity index (χ2v) is 9.57. The second kappa shape index (κ2) is 9.43. The summed E-state index contributed by atoms with van der Waals surface area (Å²) in [5, 5.41) is 0. The molecule has 1 aliphatic carbocycles. The molecule has 2 aliphatic heterocycles. The van der Waals surface area contributed by atoms with Crippen molar-refractivity contribution < 1.29 is 14.2 Å². The zero-order chi connectivity index (χ0) is 22.9. The van der Waals surface area contributed by atoms with E-state index in [-0.39, 0.29) is 6.10 Å². The molecule has 178 valence electrons. The number of anilines is 1. The molecule has 1 saturated heterocycles. The number of hydrogen-bond acceptors (Lipinski definition) is 8. The van der Waals surface area contributed by atoms with Crippen molar-refractivity contribution in [3.63, 3.8) is 0 Å². The maximum absolute atomic E-state index is 6.59. The monoisotopic (exact) mass is 461 g/mol. The van der Waals surface area contributed by atoms with Crippen LogP contribution in [0.4, 0.5) is 5.69 Å². The highest BCUT2D eigenvalue weighted by Crippen LogP contribution is 2.35. The first-order valence-corrected chi connectivity index (χ1v) is 12.4. The summed E-state index contributed by atoms with van der Waals surface area (Å²) < 4.78 is 17.7. The van der Waals surface area contributed by atoms with Gasteiger partial charge in [-0.3, -0.25) is 4.98 Å². The fraction of sp³-hybridized carbons (Fsp3) is 0.538. The first-order chi connectivity index (χ1) is 16.7. The van der Waals surface area contributed by atoms with Crippen LogP contribution in [0.15, 0.2) is 24.5 Å². The molecule has 6 rings (SSSR count). The van der Waals surface area contributed by atoms with Gasteiger partial charge in [-0.2, -0.15) is 0 Å². The van der Waals surface area contributed by atoms with E-state index in [1.165, 1.54) is 11.3 Å². The van der Waals surface area contributed by atoms with Crippen LogP contribution in [0.2, 0.25) is 0 Å². The number of hydrogen-bond donors (Lipinski definition) is 0. The lowest BCUT2D eigenvalue weighted by Gasteiger charge is -2.31. The zero-order valence-corrected chi connectivity index (χ0v) is 19.7. The molecule has 3 aromatic rings. The van der Waals surface area contributed by atoms with Gasteiger partial charge in [0.05, 0.1) is 49.4 Å². The Hall–Kier alpha value is -2.84. The number of fused-ring (bicyclic) bond motifs is 2. The van der Waals surface area contributed by atoms with E-state index >= 15 is 0 Å². The van der Waals surface area contributed by atoms with Crippen LogP contribution in [-0.2, 0) is 29.1 Å². The third-order valence-corrected chi connectivity index (χ3v) is 7.24. The maximum atomic E-state index is 6.59. The van der Waals surface area contributed by atoms with Crippen molar-refractivity contribution in [1.82, 2.24) is 19.9 Å². The second-order valence-electron chi connectivity index (χ2n) is 9.57. The molecule has 0 spiro atoms. The molecule has 0 radical (unpaired) electrons. The van der Waals surface area contributed by atoms with Crippen molar-refractivity contribution >= 4 is 16.7 Å². The van der Waals surface area contributed by atoms with Gasteiger partial charge in [-0.05, 0) is 51.0 Å². The molecule has 0 bridgehead atoms. The summed E-state index contributed by atoms with van der Waals surface area (Å²) in [4.78, 5) is 20.8. The van der Waals surface area contributed by atoms with E-state index in [1.54, 1.807) is 12.4 Å². The molecule has 2 fully saturated rings. The third kappa shape index (κ3) is 4.44. The lowest BCUT2D eigenvalue weighted by atomic mass is 9.83. The Balaban J connectivity index is 1.15. The molecule has 34 heavy (non-hydrogen) atoms. The van der Waals surface area contributed by atoms with E-state index in [4.69, 9.17) is 19.2 Å². The van der Waals surface area contributed by atoms with Crippen molar-refractivity contribution in [3.05, 3.63) is 47.3 Å². The summed E-state index contributed by atoms with van der Waals surface area (Å²) in [5.41, 5.74) is 6.33. The van der Waals surface area contributed by atoms with Crippen LogP contribution in [0.3, 0.4) is 0 Å². The van der Waals surface area contributed by atoms with Crippen LogP contribution in [0.1, 0.15) is 48.5 Å². The summed E-state index contributed by atoms with van der Waals surface area (Å²) in [6.07, 6.45) is 9.04. The van der Waals surface area contributed by atoms with Crippen LogP contribution in [0.25, 0.3) is 11.0 Å². The van der Waals surface area contributed by atoms with Gasteiger partial charge >= 0.3 is 0 Å². The van der Waals surface area contributed by atoms with Gasteiger partial charge in [0, 0.05) is 42.8 Å². The summed E-state index contributed by atoms with van der Waals surface area (Å²) >= 11 is 0. The molecular weight excluding hydrogens is 430 g/mol. The summed E-state index contributed by atoms with van der Waals surface area (Å²) in [5.74, 6) is 2.32. The number of aryl methyl sites for hydroxylation is 1. The molecule has 2 aromatic heterocycles. The Morgan fingerprint density at radius 1 is 0.971 bits per heavy atom. The number of nitrogens with zero attached hydrogens (tertiary/aromatic N) is 5. The smallest absolute Gasteiger partial charge is 0.149 e. The number of benzene rings is 1. The molecule has 8 heteroatoms. The van der Waals surface area contributed by atoms with Crippen molar-refractivity contribution in [2.45, 2.75) is 58.3 Å². The van der Waals surface area contributed by atoms with Crippen LogP contribution in [0, 0.1) is 12.8 Å². The predicted octanol–water partition coefficient (Wildman–Crippen LogP) is 3.78. The van der Waals surface area contributed by atoms with Crippen molar-refractivity contribution in [2.75, 3.05) is 31.2 Å². The van der Waals surface area contributed by atoms with Gasteiger partial charge in [0.25, 0.3) is 0 Å². The minimum Gasteiger partial charge on any atom is -0.488 e. The first-order valence-electron chi connectivity index (χ1n) is 12.4. The van der Waals surface area contributed by atoms with Gasteiger partial charge in [-0.15, -0.1) is 0 Å². The zero-order valence-electron chi connectivity index (χ0n) is 19.7. The number of morpholine rings is 1. The van der Waals surface area contributed by atoms with E-state index in [2.05, 4.69) is 32.0 Å². The molecule has 0 amide bonds. The molecule has 0 atom stereocenters. The lowest BCUT2D eigenvalue weighted by Crippen LogP contribution is -2.36. The summed E-state index contributed by atoms with van der Waals surface area (Å²) in [6, 6.07) is 4.25.